The summed E-state index contributed by atoms with van der Waals surface area (Å²) in [5.74, 6) is -0.154. The zero-order valence-electron chi connectivity index (χ0n) is 16.2. The van der Waals surface area contributed by atoms with E-state index >= 15 is 0 Å². The lowest BCUT2D eigenvalue weighted by Crippen LogP contribution is -2.50. The van der Waals surface area contributed by atoms with E-state index in [2.05, 4.69) is 4.85 Å². The van der Waals surface area contributed by atoms with Gasteiger partial charge in [-0.2, -0.15) is 0 Å². The average molecular weight is 379 g/mol. The molecule has 0 saturated carbocycles. The summed E-state index contributed by atoms with van der Waals surface area (Å²) in [6, 6.07) is 2.73. The van der Waals surface area contributed by atoms with Crippen LogP contribution in [0.5, 0.6) is 5.75 Å². The van der Waals surface area contributed by atoms with Gasteiger partial charge in [-0.3, -0.25) is 0 Å². The highest BCUT2D eigenvalue weighted by molar-refractivity contribution is 5.69. The van der Waals surface area contributed by atoms with Crippen LogP contribution in [-0.4, -0.2) is 63.1 Å². The maximum Gasteiger partial charge on any atom is 0.410 e. The van der Waals surface area contributed by atoms with Crippen molar-refractivity contribution in [3.05, 3.63) is 29.4 Å². The smallest absolute Gasteiger partial charge is 0.410 e. The zero-order chi connectivity index (χ0) is 20.0. The third-order valence-corrected chi connectivity index (χ3v) is 3.97. The number of halogens is 1. The van der Waals surface area contributed by atoms with Crippen molar-refractivity contribution in [2.75, 3.05) is 51.4 Å². The molecule has 27 heavy (non-hydrogen) atoms. The third-order valence-electron chi connectivity index (χ3n) is 3.97. The summed E-state index contributed by atoms with van der Waals surface area (Å²) < 4.78 is 30.4. The molecule has 1 aromatic carbocycles. The van der Waals surface area contributed by atoms with E-state index in [0.29, 0.717) is 44.2 Å². The highest BCUT2D eigenvalue weighted by Crippen LogP contribution is 2.35. The zero-order valence-corrected chi connectivity index (χ0v) is 16.2. The molecule has 1 aliphatic heterocycles. The van der Waals surface area contributed by atoms with Crippen molar-refractivity contribution < 1.29 is 23.4 Å². The van der Waals surface area contributed by atoms with Crippen LogP contribution in [0.1, 0.15) is 20.8 Å². The first-order valence-corrected chi connectivity index (χ1v) is 8.81. The van der Waals surface area contributed by atoms with E-state index in [1.165, 1.54) is 6.07 Å². The Morgan fingerprint density at radius 3 is 2.44 bits per heavy atom. The number of hydrogen-bond donors (Lipinski definition) is 0. The molecule has 7 nitrogen and oxygen atoms in total. The van der Waals surface area contributed by atoms with Gasteiger partial charge in [0.25, 0.3) is 0 Å². The molecule has 1 amide bonds. The molecule has 2 rings (SSSR count). The minimum Gasteiger partial charge on any atom is -0.502 e. The minimum atomic E-state index is -0.551. The fraction of sp³-hybridized carbons (Fsp3) is 0.579. The van der Waals surface area contributed by atoms with Gasteiger partial charge in [0.05, 0.1) is 18.9 Å². The summed E-state index contributed by atoms with van der Waals surface area (Å²) in [4.78, 5) is 18.9. The second kappa shape index (κ2) is 8.91. The molecule has 148 valence electrons. The highest BCUT2D eigenvalue weighted by atomic mass is 19.1. The summed E-state index contributed by atoms with van der Waals surface area (Å²) in [5.41, 5.74) is -0.0666. The Labute approximate surface area is 159 Å². The lowest BCUT2D eigenvalue weighted by Gasteiger charge is -2.37. The van der Waals surface area contributed by atoms with Gasteiger partial charge in [0.15, 0.2) is 0 Å². The molecule has 0 spiro atoms. The summed E-state index contributed by atoms with van der Waals surface area (Å²) in [5, 5.41) is 0. The molecule has 0 radical (unpaired) electrons. The molecular formula is C19H26FN3O4. The summed E-state index contributed by atoms with van der Waals surface area (Å²) in [6.45, 7) is 15.1. The second-order valence-electron chi connectivity index (χ2n) is 7.18. The van der Waals surface area contributed by atoms with Gasteiger partial charge in [-0.1, -0.05) is 0 Å². The van der Waals surface area contributed by atoms with Crippen LogP contribution >= 0.6 is 0 Å². The molecule has 0 aliphatic carbocycles. The lowest BCUT2D eigenvalue weighted by atomic mass is 10.2. The number of ether oxygens (including phenoxy) is 3. The molecule has 0 unspecified atom stereocenters. The van der Waals surface area contributed by atoms with E-state index in [-0.39, 0.29) is 18.4 Å². The van der Waals surface area contributed by atoms with Crippen molar-refractivity contribution in [2.45, 2.75) is 26.4 Å². The predicted molar refractivity (Wildman–Crippen MR) is 100 cm³/mol. The summed E-state index contributed by atoms with van der Waals surface area (Å²) in [6.07, 6.45) is -0.366. The molecule has 0 N–H and O–H groups in total. The van der Waals surface area contributed by atoms with Crippen molar-refractivity contribution in [1.29, 1.82) is 0 Å². The van der Waals surface area contributed by atoms with E-state index in [4.69, 9.17) is 20.8 Å². The first-order valence-electron chi connectivity index (χ1n) is 8.81. The number of piperazine rings is 1. The maximum atomic E-state index is 14.5. The quantitative estimate of drug-likeness (QED) is 0.579. The number of methoxy groups -OCH3 is 1. The molecule has 1 heterocycles. The Bertz CT molecular complexity index is 704. The molecule has 1 fully saturated rings. The van der Waals surface area contributed by atoms with Gasteiger partial charge in [-0.15, -0.1) is 0 Å². The van der Waals surface area contributed by atoms with E-state index < -0.39 is 11.4 Å². The molecular weight excluding hydrogens is 353 g/mol. The van der Waals surface area contributed by atoms with Gasteiger partial charge in [0.2, 0.25) is 5.69 Å². The Morgan fingerprint density at radius 2 is 1.89 bits per heavy atom. The SMILES string of the molecule is [C-]#[N+]c1cc(F)c(N2CCN(C(=O)OC(C)(C)C)CC2)cc1OCCOC. The van der Waals surface area contributed by atoms with Gasteiger partial charge in [0, 0.05) is 33.3 Å². The molecule has 1 aliphatic rings. The van der Waals surface area contributed by atoms with Crippen LogP contribution in [-0.2, 0) is 9.47 Å². The number of amides is 1. The Morgan fingerprint density at radius 1 is 1.22 bits per heavy atom. The standard InChI is InChI=1S/C19H26FN3O4/c1-19(2,3)27-18(24)23-8-6-22(7-9-23)16-13-17(26-11-10-25-5)15(21-4)12-14(16)20/h12-13H,6-11H2,1-3,5H3. The number of anilines is 1. The van der Waals surface area contributed by atoms with Gasteiger partial charge in [-0.05, 0) is 32.9 Å². The number of carbonyl (C=O) groups is 1. The monoisotopic (exact) mass is 379 g/mol. The average Bonchev–Trinajstić information content (AvgIpc) is 2.61. The predicted octanol–water partition coefficient (Wildman–Crippen LogP) is 3.46. The van der Waals surface area contributed by atoms with Crippen LogP contribution in [0.3, 0.4) is 0 Å². The van der Waals surface area contributed by atoms with Crippen LogP contribution in [0.25, 0.3) is 4.85 Å². The highest BCUT2D eigenvalue weighted by Gasteiger charge is 2.27. The van der Waals surface area contributed by atoms with Gasteiger partial charge in [-0.25, -0.2) is 14.0 Å². The number of carbonyl (C=O) groups excluding carboxylic acids is 1. The third kappa shape index (κ3) is 5.73. The van der Waals surface area contributed by atoms with Crippen molar-refractivity contribution in [2.24, 2.45) is 0 Å². The van der Waals surface area contributed by atoms with Crippen molar-refractivity contribution >= 4 is 17.5 Å². The topological polar surface area (TPSA) is 55.6 Å². The van der Waals surface area contributed by atoms with Crippen LogP contribution in [0.15, 0.2) is 12.1 Å². The van der Waals surface area contributed by atoms with Crippen LogP contribution < -0.4 is 9.64 Å². The minimum absolute atomic E-state index is 0.125. The molecule has 0 bridgehead atoms. The normalized spacial score (nSPS) is 14.7. The Kier molecular flexibility index (Phi) is 6.86. The first-order chi connectivity index (χ1) is 12.7. The van der Waals surface area contributed by atoms with Gasteiger partial charge in [0.1, 0.15) is 23.8 Å². The Hall–Kier alpha value is -2.53. The van der Waals surface area contributed by atoms with Gasteiger partial charge < -0.3 is 24.0 Å². The molecule has 1 saturated heterocycles. The fourth-order valence-electron chi connectivity index (χ4n) is 2.67. The van der Waals surface area contributed by atoms with E-state index in [1.54, 1.807) is 18.1 Å². The van der Waals surface area contributed by atoms with Crippen LogP contribution in [0.2, 0.25) is 0 Å². The number of rotatable bonds is 5. The number of hydrogen-bond acceptors (Lipinski definition) is 5. The largest absolute Gasteiger partial charge is 0.502 e. The van der Waals surface area contributed by atoms with Gasteiger partial charge >= 0.3 is 6.09 Å². The lowest BCUT2D eigenvalue weighted by molar-refractivity contribution is 0.0240. The van der Waals surface area contributed by atoms with Crippen molar-refractivity contribution in [3.63, 3.8) is 0 Å². The van der Waals surface area contributed by atoms with E-state index in [1.807, 2.05) is 25.7 Å². The van der Waals surface area contributed by atoms with Crippen molar-refractivity contribution in [3.8, 4) is 5.75 Å². The Balaban J connectivity index is 2.07. The molecule has 8 heteroatoms. The molecule has 1 aromatic rings. The van der Waals surface area contributed by atoms with Crippen LogP contribution in [0.4, 0.5) is 20.6 Å². The summed E-state index contributed by atoms with van der Waals surface area (Å²) in [7, 11) is 1.55. The molecule has 0 atom stereocenters. The van der Waals surface area contributed by atoms with Crippen molar-refractivity contribution in [1.82, 2.24) is 4.90 Å². The second-order valence-corrected chi connectivity index (χ2v) is 7.18. The summed E-state index contributed by atoms with van der Waals surface area (Å²) >= 11 is 0. The fourth-order valence-corrected chi connectivity index (χ4v) is 2.67. The number of nitrogens with zero attached hydrogens (tertiary/aromatic N) is 3. The first kappa shape index (κ1) is 20.8. The van der Waals surface area contributed by atoms with E-state index in [9.17, 15) is 9.18 Å². The van der Waals surface area contributed by atoms with Crippen LogP contribution in [0, 0.1) is 12.4 Å². The molecule has 0 aromatic heterocycles. The van der Waals surface area contributed by atoms with E-state index in [0.717, 1.165) is 0 Å². The number of benzene rings is 1. The maximum absolute atomic E-state index is 14.5.